The number of hydrazine groups is 1. The molecule has 2 aromatic carbocycles. The zero-order valence-electron chi connectivity index (χ0n) is 16.1. The van der Waals surface area contributed by atoms with Gasteiger partial charge in [-0.05, 0) is 48.4 Å². The molecule has 0 radical (unpaired) electrons. The van der Waals surface area contributed by atoms with E-state index in [4.69, 9.17) is 35.4 Å². The van der Waals surface area contributed by atoms with Gasteiger partial charge in [0.15, 0.2) is 0 Å². The number of thiocarbonyl (C=S) groups is 1. The summed E-state index contributed by atoms with van der Waals surface area (Å²) in [6, 6.07) is 13.5. The number of amides is 3. The topological polar surface area (TPSA) is 78.5 Å². The first-order valence-corrected chi connectivity index (χ1v) is 11.2. The van der Waals surface area contributed by atoms with E-state index in [-0.39, 0.29) is 18.2 Å². The number of thioether (sulfide) groups is 1. The fraction of sp³-hybridized carbons (Fsp3) is 0.143. The summed E-state index contributed by atoms with van der Waals surface area (Å²) in [5.74, 6) is -1.04. The molecule has 0 bridgehead atoms. The number of rotatable bonds is 6. The van der Waals surface area contributed by atoms with Gasteiger partial charge in [0.05, 0.1) is 4.91 Å². The van der Waals surface area contributed by atoms with Crippen molar-refractivity contribution >= 4 is 75.3 Å². The normalized spacial score (nSPS) is 14.8. The molecule has 1 saturated heterocycles. The van der Waals surface area contributed by atoms with E-state index in [9.17, 15) is 14.4 Å². The Morgan fingerprint density at radius 1 is 1.06 bits per heavy atom. The highest BCUT2D eigenvalue weighted by Crippen LogP contribution is 2.33. The van der Waals surface area contributed by atoms with Gasteiger partial charge in [-0.2, -0.15) is 0 Å². The molecule has 2 N–H and O–H groups in total. The molecule has 0 unspecified atom stereocenters. The molecule has 0 aromatic heterocycles. The minimum Gasteiger partial charge on any atom is -0.293 e. The van der Waals surface area contributed by atoms with Crippen molar-refractivity contribution in [1.29, 1.82) is 0 Å². The first-order chi connectivity index (χ1) is 14.8. The summed E-state index contributed by atoms with van der Waals surface area (Å²) in [4.78, 5) is 38.6. The lowest BCUT2D eigenvalue weighted by Gasteiger charge is -2.14. The van der Waals surface area contributed by atoms with Crippen LogP contribution in [0.3, 0.4) is 0 Å². The Labute approximate surface area is 198 Å². The highest BCUT2D eigenvalue weighted by Gasteiger charge is 2.31. The summed E-state index contributed by atoms with van der Waals surface area (Å²) in [6.07, 6.45) is 2.20. The number of benzene rings is 2. The number of halogens is 2. The molecule has 6 nitrogen and oxygen atoms in total. The molecule has 10 heteroatoms. The molecule has 31 heavy (non-hydrogen) atoms. The van der Waals surface area contributed by atoms with Gasteiger partial charge in [-0.25, -0.2) is 0 Å². The third-order valence-corrected chi connectivity index (χ3v) is 6.25. The number of hydrogen-bond acceptors (Lipinski definition) is 5. The van der Waals surface area contributed by atoms with E-state index in [1.807, 2.05) is 18.2 Å². The Kier molecular flexibility index (Phi) is 8.09. The molecule has 1 aliphatic rings. The van der Waals surface area contributed by atoms with Gasteiger partial charge < -0.3 is 0 Å². The Morgan fingerprint density at radius 3 is 2.48 bits per heavy atom. The number of hydrogen-bond donors (Lipinski definition) is 2. The monoisotopic (exact) mass is 493 g/mol. The van der Waals surface area contributed by atoms with Gasteiger partial charge in [0.1, 0.15) is 4.32 Å². The maximum atomic E-state index is 12.6. The minimum absolute atomic E-state index is 0.113. The molecule has 3 rings (SSSR count). The van der Waals surface area contributed by atoms with Crippen LogP contribution in [0.1, 0.15) is 28.8 Å². The van der Waals surface area contributed by atoms with Gasteiger partial charge in [0, 0.05) is 28.6 Å². The van der Waals surface area contributed by atoms with E-state index in [2.05, 4.69) is 10.9 Å². The first kappa shape index (κ1) is 23.3. The Balaban J connectivity index is 1.46. The van der Waals surface area contributed by atoms with Crippen molar-refractivity contribution in [2.45, 2.75) is 12.8 Å². The van der Waals surface area contributed by atoms with Crippen LogP contribution in [0.5, 0.6) is 0 Å². The highest BCUT2D eigenvalue weighted by atomic mass is 35.5. The number of nitrogens with one attached hydrogen (secondary N) is 2. The van der Waals surface area contributed by atoms with Gasteiger partial charge >= 0.3 is 0 Å². The average Bonchev–Trinajstić information content (AvgIpc) is 3.01. The summed E-state index contributed by atoms with van der Waals surface area (Å²) in [7, 11) is 0. The zero-order chi connectivity index (χ0) is 22.4. The van der Waals surface area contributed by atoms with E-state index in [1.54, 1.807) is 36.4 Å². The number of carbonyl (C=O) groups excluding carboxylic acids is 3. The smallest absolute Gasteiger partial charge is 0.269 e. The van der Waals surface area contributed by atoms with Gasteiger partial charge in [-0.1, -0.05) is 65.4 Å². The third-order valence-electron chi connectivity index (χ3n) is 4.27. The summed E-state index contributed by atoms with van der Waals surface area (Å²) < 4.78 is 0.430. The zero-order valence-corrected chi connectivity index (χ0v) is 19.2. The largest absolute Gasteiger partial charge is 0.293 e. The standard InChI is InChI=1S/C21H17Cl2N3O3S2/c22-15-9-7-13(8-10-15)19(28)25-24-18(27)6-3-11-26-20(29)17(31-21(26)30)12-14-4-1-2-5-16(14)23/h1-2,4-5,7-10,12H,3,6,11H2,(H,24,27)(H,25,28)/b17-12+. The van der Waals surface area contributed by atoms with Crippen molar-refractivity contribution in [3.8, 4) is 0 Å². The maximum Gasteiger partial charge on any atom is 0.269 e. The molecule has 0 saturated carbocycles. The Morgan fingerprint density at radius 2 is 1.77 bits per heavy atom. The van der Waals surface area contributed by atoms with E-state index in [1.165, 1.54) is 16.7 Å². The molecule has 1 fully saturated rings. The minimum atomic E-state index is -0.452. The predicted octanol–water partition coefficient (Wildman–Crippen LogP) is 4.44. The Bertz CT molecular complexity index is 1060. The molecular weight excluding hydrogens is 477 g/mol. The lowest BCUT2D eigenvalue weighted by molar-refractivity contribution is -0.124. The summed E-state index contributed by atoms with van der Waals surface area (Å²) in [5, 5.41) is 1.06. The number of carbonyl (C=O) groups is 3. The van der Waals surface area contributed by atoms with E-state index >= 15 is 0 Å². The summed E-state index contributed by atoms with van der Waals surface area (Å²) >= 11 is 18.4. The van der Waals surface area contributed by atoms with Crippen molar-refractivity contribution in [1.82, 2.24) is 15.8 Å². The molecule has 3 amide bonds. The van der Waals surface area contributed by atoms with Gasteiger partial charge in [0.25, 0.3) is 11.8 Å². The van der Waals surface area contributed by atoms with E-state index < -0.39 is 5.91 Å². The molecular formula is C21H17Cl2N3O3S2. The van der Waals surface area contributed by atoms with Crippen LogP contribution in [-0.2, 0) is 9.59 Å². The van der Waals surface area contributed by atoms with Crippen molar-refractivity contribution in [2.24, 2.45) is 0 Å². The fourth-order valence-electron chi connectivity index (χ4n) is 2.69. The maximum absolute atomic E-state index is 12.6. The van der Waals surface area contributed by atoms with Crippen molar-refractivity contribution in [3.05, 3.63) is 74.6 Å². The average molecular weight is 494 g/mol. The van der Waals surface area contributed by atoms with Crippen molar-refractivity contribution in [2.75, 3.05) is 6.54 Å². The second-order valence-corrected chi connectivity index (χ2v) is 8.99. The van der Waals surface area contributed by atoms with Crippen LogP contribution in [0.2, 0.25) is 10.0 Å². The van der Waals surface area contributed by atoms with Crippen molar-refractivity contribution in [3.63, 3.8) is 0 Å². The third kappa shape index (κ3) is 6.30. The lowest BCUT2D eigenvalue weighted by atomic mass is 10.2. The van der Waals surface area contributed by atoms with Crippen LogP contribution >= 0.6 is 47.2 Å². The van der Waals surface area contributed by atoms with Gasteiger partial charge in [-0.15, -0.1) is 0 Å². The fourth-order valence-corrected chi connectivity index (χ4v) is 4.30. The van der Waals surface area contributed by atoms with Crippen molar-refractivity contribution < 1.29 is 14.4 Å². The quantitative estimate of drug-likeness (QED) is 0.353. The second-order valence-electron chi connectivity index (χ2n) is 6.47. The molecule has 1 aliphatic heterocycles. The number of nitrogens with zero attached hydrogens (tertiary/aromatic N) is 1. The molecule has 2 aromatic rings. The second kappa shape index (κ2) is 10.8. The van der Waals surface area contributed by atoms with Crippen LogP contribution < -0.4 is 10.9 Å². The molecule has 160 valence electrons. The molecule has 0 atom stereocenters. The predicted molar refractivity (Wildman–Crippen MR) is 128 cm³/mol. The van der Waals surface area contributed by atoms with Crippen LogP contribution in [-0.4, -0.2) is 33.5 Å². The van der Waals surface area contributed by atoms with Crippen LogP contribution in [0.25, 0.3) is 6.08 Å². The van der Waals surface area contributed by atoms with Crippen LogP contribution in [0.15, 0.2) is 53.4 Å². The Hall–Kier alpha value is -2.39. The van der Waals surface area contributed by atoms with Crippen LogP contribution in [0, 0.1) is 0 Å². The highest BCUT2D eigenvalue weighted by molar-refractivity contribution is 8.26. The van der Waals surface area contributed by atoms with E-state index in [0.29, 0.717) is 37.8 Å². The molecule has 1 heterocycles. The lowest BCUT2D eigenvalue weighted by Crippen LogP contribution is -2.41. The van der Waals surface area contributed by atoms with E-state index in [0.717, 1.165) is 5.56 Å². The SMILES string of the molecule is O=C(CCCN1C(=O)/C(=C\c2ccccc2Cl)SC1=S)NNC(=O)c1ccc(Cl)cc1. The molecule has 0 aliphatic carbocycles. The van der Waals surface area contributed by atoms with Crippen LogP contribution in [0.4, 0.5) is 0 Å². The molecule has 0 spiro atoms. The summed E-state index contributed by atoms with van der Waals surface area (Å²) in [5.41, 5.74) is 5.80. The van der Waals surface area contributed by atoms with Gasteiger partial charge in [0.2, 0.25) is 5.91 Å². The van der Waals surface area contributed by atoms with Gasteiger partial charge in [-0.3, -0.25) is 30.1 Å². The first-order valence-electron chi connectivity index (χ1n) is 9.20. The summed E-state index contributed by atoms with van der Waals surface area (Å²) in [6.45, 7) is 0.295.